The summed E-state index contributed by atoms with van der Waals surface area (Å²) in [4.78, 5) is 30.2. The number of piperidine rings is 1. The Bertz CT molecular complexity index is 1020. The Kier molecular flexibility index (Phi) is 5.05. The number of nitrogens with two attached hydrogens (primary N) is 1. The Morgan fingerprint density at radius 1 is 1.07 bits per heavy atom. The summed E-state index contributed by atoms with van der Waals surface area (Å²) in [6, 6.07) is 17.3. The number of rotatable bonds is 4. The van der Waals surface area contributed by atoms with Crippen LogP contribution < -0.4 is 11.4 Å². The highest BCUT2D eigenvalue weighted by Crippen LogP contribution is 2.27. The summed E-state index contributed by atoms with van der Waals surface area (Å²) in [6.45, 7) is 3.18. The molecule has 4 rings (SSSR count). The van der Waals surface area contributed by atoms with Crippen LogP contribution in [-0.4, -0.2) is 33.4 Å². The normalized spacial score (nSPS) is 17.6. The second kappa shape index (κ2) is 7.64. The number of benzene rings is 2. The number of para-hydroxylation sites is 2. The van der Waals surface area contributed by atoms with Crippen molar-refractivity contribution in [2.45, 2.75) is 31.8 Å². The molecule has 6 nitrogen and oxygen atoms in total. The topological polar surface area (TPSA) is 84.1 Å². The lowest BCUT2D eigenvalue weighted by molar-refractivity contribution is -0.137. The second-order valence-electron chi connectivity index (χ2n) is 7.60. The van der Waals surface area contributed by atoms with E-state index in [1.165, 1.54) is 0 Å². The average molecular weight is 378 g/mol. The van der Waals surface area contributed by atoms with Crippen molar-refractivity contribution < 1.29 is 4.79 Å². The first-order valence-corrected chi connectivity index (χ1v) is 9.85. The van der Waals surface area contributed by atoms with Gasteiger partial charge in [-0.25, -0.2) is 4.79 Å². The van der Waals surface area contributed by atoms with Crippen molar-refractivity contribution in [3.63, 3.8) is 0 Å². The number of H-pyrrole nitrogens is 1. The average Bonchev–Trinajstić information content (AvgIpc) is 3.08. The van der Waals surface area contributed by atoms with Gasteiger partial charge in [-0.05, 0) is 30.5 Å². The van der Waals surface area contributed by atoms with Crippen LogP contribution in [-0.2, 0) is 4.79 Å². The Balaban J connectivity index is 1.44. The van der Waals surface area contributed by atoms with Gasteiger partial charge >= 0.3 is 5.69 Å². The van der Waals surface area contributed by atoms with E-state index in [2.05, 4.69) is 4.98 Å². The molecule has 3 aromatic rings. The van der Waals surface area contributed by atoms with E-state index in [-0.39, 0.29) is 29.6 Å². The van der Waals surface area contributed by atoms with Crippen LogP contribution in [0.25, 0.3) is 11.0 Å². The molecule has 28 heavy (non-hydrogen) atoms. The summed E-state index contributed by atoms with van der Waals surface area (Å²) in [6.07, 6.45) is 1.53. The number of hydrogen-bond acceptors (Lipinski definition) is 3. The number of imidazole rings is 1. The second-order valence-corrected chi connectivity index (χ2v) is 7.60. The van der Waals surface area contributed by atoms with Crippen molar-refractivity contribution in [3.8, 4) is 0 Å². The third kappa shape index (κ3) is 3.36. The molecule has 0 saturated carbocycles. The first kappa shape index (κ1) is 18.5. The number of nitrogens with zero attached hydrogens (tertiary/aromatic N) is 2. The lowest BCUT2D eigenvalue weighted by atomic mass is 9.93. The monoisotopic (exact) mass is 378 g/mol. The molecule has 146 valence electrons. The highest BCUT2D eigenvalue weighted by molar-refractivity contribution is 5.79. The quantitative estimate of drug-likeness (QED) is 0.732. The number of hydrogen-bond donors (Lipinski definition) is 2. The van der Waals surface area contributed by atoms with Gasteiger partial charge in [0.1, 0.15) is 0 Å². The lowest BCUT2D eigenvalue weighted by Crippen LogP contribution is -2.44. The minimum absolute atomic E-state index is 0.0783. The highest BCUT2D eigenvalue weighted by Gasteiger charge is 2.31. The van der Waals surface area contributed by atoms with E-state index in [9.17, 15) is 9.59 Å². The van der Waals surface area contributed by atoms with Crippen LogP contribution in [0.1, 0.15) is 37.4 Å². The SMILES string of the molecule is CC(C(=O)N1CCC(n2c(=O)[nH]c3ccccc32)CC1)C(N)c1ccccc1. The molecule has 1 fully saturated rings. The number of aromatic nitrogens is 2. The predicted molar refractivity (Wildman–Crippen MR) is 110 cm³/mol. The molecular formula is C22H26N4O2. The minimum Gasteiger partial charge on any atom is -0.342 e. The van der Waals surface area contributed by atoms with Crippen molar-refractivity contribution in [1.82, 2.24) is 14.5 Å². The molecule has 2 aromatic carbocycles. The zero-order valence-corrected chi connectivity index (χ0v) is 16.0. The van der Waals surface area contributed by atoms with Crippen LogP contribution in [0, 0.1) is 5.92 Å². The van der Waals surface area contributed by atoms with Crippen LogP contribution in [0.3, 0.4) is 0 Å². The largest absolute Gasteiger partial charge is 0.342 e. The van der Waals surface area contributed by atoms with E-state index in [4.69, 9.17) is 5.73 Å². The maximum atomic E-state index is 13.0. The molecule has 2 atom stereocenters. The molecule has 6 heteroatoms. The van der Waals surface area contributed by atoms with Crippen LogP contribution in [0.4, 0.5) is 0 Å². The predicted octanol–water partition coefficient (Wildman–Crippen LogP) is 2.83. The number of nitrogens with one attached hydrogen (secondary N) is 1. The fraction of sp³-hybridized carbons (Fsp3) is 0.364. The first-order chi connectivity index (χ1) is 13.6. The number of aromatic amines is 1. The van der Waals surface area contributed by atoms with Crippen LogP contribution >= 0.6 is 0 Å². The molecule has 1 aromatic heterocycles. The number of carbonyl (C=O) groups excluding carboxylic acids is 1. The van der Waals surface area contributed by atoms with Gasteiger partial charge in [-0.1, -0.05) is 49.4 Å². The van der Waals surface area contributed by atoms with Crippen LogP contribution in [0.15, 0.2) is 59.4 Å². The summed E-state index contributed by atoms with van der Waals surface area (Å²) in [5.41, 5.74) is 9.02. The molecule has 1 aliphatic heterocycles. The van der Waals surface area contributed by atoms with Crippen molar-refractivity contribution in [2.75, 3.05) is 13.1 Å². The summed E-state index contributed by atoms with van der Waals surface area (Å²) < 4.78 is 1.84. The highest BCUT2D eigenvalue weighted by atomic mass is 16.2. The standard InChI is InChI=1S/C22H26N4O2/c1-15(20(23)16-7-3-2-4-8-16)21(27)25-13-11-17(12-14-25)26-19-10-6-5-9-18(19)24-22(26)28/h2-10,15,17,20H,11-14,23H2,1H3,(H,24,28). The molecular weight excluding hydrogens is 352 g/mol. The zero-order valence-electron chi connectivity index (χ0n) is 16.0. The van der Waals surface area contributed by atoms with Crippen molar-refractivity contribution in [3.05, 3.63) is 70.6 Å². The number of carbonyl (C=O) groups is 1. The Labute approximate surface area is 164 Å². The van der Waals surface area contributed by atoms with Crippen molar-refractivity contribution in [1.29, 1.82) is 0 Å². The fourth-order valence-electron chi connectivity index (χ4n) is 4.19. The summed E-state index contributed by atoms with van der Waals surface area (Å²) in [5.74, 6) is -0.198. The Morgan fingerprint density at radius 3 is 2.43 bits per heavy atom. The smallest absolute Gasteiger partial charge is 0.326 e. The summed E-state index contributed by atoms with van der Waals surface area (Å²) >= 11 is 0. The molecule has 3 N–H and O–H groups in total. The van der Waals surface area contributed by atoms with Gasteiger partial charge in [-0.2, -0.15) is 0 Å². The van der Waals surface area contributed by atoms with Crippen molar-refractivity contribution in [2.24, 2.45) is 11.7 Å². The number of amides is 1. The third-order valence-electron chi connectivity index (χ3n) is 5.88. The molecule has 1 amide bonds. The molecule has 2 unspecified atom stereocenters. The van der Waals surface area contributed by atoms with E-state index in [0.29, 0.717) is 13.1 Å². The van der Waals surface area contributed by atoms with Gasteiger partial charge in [0, 0.05) is 25.2 Å². The van der Waals surface area contributed by atoms with E-state index in [1.54, 1.807) is 0 Å². The molecule has 1 saturated heterocycles. The van der Waals surface area contributed by atoms with Gasteiger partial charge in [-0.15, -0.1) is 0 Å². The van der Waals surface area contributed by atoms with Crippen LogP contribution in [0.5, 0.6) is 0 Å². The minimum atomic E-state index is -0.317. The van der Waals surface area contributed by atoms with Gasteiger partial charge in [0.15, 0.2) is 0 Å². The summed E-state index contributed by atoms with van der Waals surface area (Å²) in [7, 11) is 0. The van der Waals surface area contributed by atoms with Gasteiger partial charge in [-0.3, -0.25) is 9.36 Å². The molecule has 0 radical (unpaired) electrons. The molecule has 0 aliphatic carbocycles. The van der Waals surface area contributed by atoms with Gasteiger partial charge in [0.05, 0.1) is 17.0 Å². The first-order valence-electron chi connectivity index (χ1n) is 9.85. The summed E-state index contributed by atoms with van der Waals surface area (Å²) in [5, 5.41) is 0. The number of likely N-dealkylation sites (tertiary alicyclic amines) is 1. The van der Waals surface area contributed by atoms with Crippen molar-refractivity contribution >= 4 is 16.9 Å². The van der Waals surface area contributed by atoms with E-state index < -0.39 is 0 Å². The third-order valence-corrected chi connectivity index (χ3v) is 5.88. The van der Waals surface area contributed by atoms with Gasteiger partial charge < -0.3 is 15.6 Å². The lowest BCUT2D eigenvalue weighted by Gasteiger charge is -2.35. The molecule has 2 heterocycles. The maximum Gasteiger partial charge on any atom is 0.326 e. The van der Waals surface area contributed by atoms with Gasteiger partial charge in [0.2, 0.25) is 5.91 Å². The Morgan fingerprint density at radius 2 is 1.71 bits per heavy atom. The fourth-order valence-corrected chi connectivity index (χ4v) is 4.19. The maximum absolute atomic E-state index is 13.0. The van der Waals surface area contributed by atoms with E-state index in [1.807, 2.05) is 71.0 Å². The zero-order chi connectivity index (χ0) is 19.7. The Hall–Kier alpha value is -2.86. The van der Waals surface area contributed by atoms with E-state index >= 15 is 0 Å². The molecule has 0 spiro atoms. The van der Waals surface area contributed by atoms with Crippen LogP contribution in [0.2, 0.25) is 0 Å². The van der Waals surface area contributed by atoms with E-state index in [0.717, 1.165) is 29.4 Å². The number of fused-ring (bicyclic) bond motifs is 1. The molecule has 1 aliphatic rings. The van der Waals surface area contributed by atoms with Gasteiger partial charge in [0.25, 0.3) is 0 Å². The molecule has 0 bridgehead atoms.